The van der Waals surface area contributed by atoms with E-state index in [4.69, 9.17) is 21.0 Å². The van der Waals surface area contributed by atoms with Crippen LogP contribution in [-0.4, -0.2) is 32.6 Å². The average Bonchev–Trinajstić information content (AvgIpc) is 3.32. The van der Waals surface area contributed by atoms with Gasteiger partial charge in [-0.05, 0) is 38.0 Å². The molecule has 9 heteroatoms. The molecule has 0 N–H and O–H groups in total. The number of oxazole rings is 1. The second-order valence-corrected chi connectivity index (χ2v) is 8.50. The van der Waals surface area contributed by atoms with E-state index in [1.54, 1.807) is 32.3 Å². The molecule has 32 heavy (non-hydrogen) atoms. The van der Waals surface area contributed by atoms with Crippen molar-refractivity contribution in [1.82, 2.24) is 19.5 Å². The van der Waals surface area contributed by atoms with Gasteiger partial charge >= 0.3 is 0 Å². The van der Waals surface area contributed by atoms with Crippen LogP contribution in [0.2, 0.25) is 5.02 Å². The summed E-state index contributed by atoms with van der Waals surface area (Å²) in [4.78, 5) is 28.7. The van der Waals surface area contributed by atoms with Crippen molar-refractivity contribution < 1.29 is 8.81 Å². The summed E-state index contributed by atoms with van der Waals surface area (Å²) in [6.07, 6.45) is 5.10. The van der Waals surface area contributed by atoms with Crippen molar-refractivity contribution in [2.75, 3.05) is 18.0 Å². The molecule has 3 aromatic heterocycles. The molecule has 0 bridgehead atoms. The van der Waals surface area contributed by atoms with Crippen LogP contribution in [0.1, 0.15) is 30.3 Å². The predicted molar refractivity (Wildman–Crippen MR) is 121 cm³/mol. The van der Waals surface area contributed by atoms with Crippen LogP contribution in [0.15, 0.2) is 46.1 Å². The van der Waals surface area contributed by atoms with Crippen LogP contribution in [0, 0.1) is 12.7 Å². The number of nitrogens with zero attached hydrogens (tertiary/aromatic N) is 5. The Morgan fingerprint density at radius 2 is 2.09 bits per heavy atom. The molecule has 1 aliphatic heterocycles. The molecule has 4 aromatic rings. The van der Waals surface area contributed by atoms with E-state index in [0.29, 0.717) is 23.7 Å². The molecule has 0 saturated carbocycles. The molecule has 7 nitrogen and oxygen atoms in total. The molecule has 4 heterocycles. The summed E-state index contributed by atoms with van der Waals surface area (Å²) < 4.78 is 21.9. The number of aryl methyl sites for hydroxylation is 1. The topological polar surface area (TPSA) is 77.1 Å². The maximum atomic E-state index is 14.9. The maximum Gasteiger partial charge on any atom is 0.263 e. The van der Waals surface area contributed by atoms with Crippen molar-refractivity contribution in [1.29, 1.82) is 0 Å². The monoisotopic (exact) mass is 453 g/mol. The quantitative estimate of drug-likeness (QED) is 0.455. The predicted octanol–water partition coefficient (Wildman–Crippen LogP) is 4.47. The fraction of sp³-hybridized carbons (Fsp3) is 0.304. The van der Waals surface area contributed by atoms with Gasteiger partial charge in [0.25, 0.3) is 5.56 Å². The van der Waals surface area contributed by atoms with Gasteiger partial charge in [-0.3, -0.25) is 9.36 Å². The Hall–Kier alpha value is -3.26. The number of rotatable bonds is 3. The fourth-order valence-electron chi connectivity index (χ4n) is 4.26. The lowest BCUT2D eigenvalue weighted by atomic mass is 9.96. The highest BCUT2D eigenvalue weighted by Gasteiger charge is 2.26. The second-order valence-electron chi connectivity index (χ2n) is 8.06. The highest BCUT2D eigenvalue weighted by Crippen LogP contribution is 2.34. The zero-order valence-electron chi connectivity index (χ0n) is 17.7. The molecule has 0 unspecified atom stereocenters. The molecule has 0 spiro atoms. The van der Waals surface area contributed by atoms with Crippen LogP contribution in [0.5, 0.6) is 0 Å². The lowest BCUT2D eigenvalue weighted by molar-refractivity contribution is 0.410. The summed E-state index contributed by atoms with van der Waals surface area (Å²) in [7, 11) is 1.65. The van der Waals surface area contributed by atoms with Gasteiger partial charge in [-0.15, -0.1) is 0 Å². The molecule has 1 aromatic carbocycles. The fourth-order valence-corrected chi connectivity index (χ4v) is 4.42. The van der Waals surface area contributed by atoms with Crippen LogP contribution >= 0.6 is 11.6 Å². The molecular weight excluding hydrogens is 433 g/mol. The van der Waals surface area contributed by atoms with Crippen molar-refractivity contribution >= 4 is 28.3 Å². The molecular formula is C23H21ClFN5O2. The van der Waals surface area contributed by atoms with E-state index in [0.717, 1.165) is 25.1 Å². The van der Waals surface area contributed by atoms with E-state index < -0.39 is 5.82 Å². The molecule has 164 valence electrons. The standard InChI is InChI=1S/C23H21ClFN5O2/c1-13-27-18-9-20(30-7-3-4-14(11-30)19-10-26-12-32-19)28-22(21(18)23(31)29(13)2)16-6-5-15(24)8-17(16)25/h5-6,8-10,12,14H,3-4,7,11H2,1-2H3/t14-/m1/s1. The molecule has 1 saturated heterocycles. The van der Waals surface area contributed by atoms with E-state index in [1.807, 2.05) is 6.07 Å². The lowest BCUT2D eigenvalue weighted by Gasteiger charge is -2.33. The normalized spacial score (nSPS) is 16.6. The highest BCUT2D eigenvalue weighted by molar-refractivity contribution is 6.30. The first-order chi connectivity index (χ1) is 15.4. The van der Waals surface area contributed by atoms with Gasteiger partial charge < -0.3 is 9.32 Å². The first-order valence-corrected chi connectivity index (χ1v) is 10.8. The molecule has 1 aliphatic rings. The maximum absolute atomic E-state index is 14.9. The zero-order chi connectivity index (χ0) is 22.4. The van der Waals surface area contributed by atoms with E-state index in [2.05, 4.69) is 14.9 Å². The molecule has 5 rings (SSSR count). The van der Waals surface area contributed by atoms with Crippen molar-refractivity contribution in [2.45, 2.75) is 25.7 Å². The Kier molecular flexibility index (Phi) is 5.17. The van der Waals surface area contributed by atoms with Gasteiger partial charge in [-0.2, -0.15) is 0 Å². The number of hydrogen-bond acceptors (Lipinski definition) is 6. The van der Waals surface area contributed by atoms with Gasteiger partial charge in [0.1, 0.15) is 23.2 Å². The smallest absolute Gasteiger partial charge is 0.263 e. The number of hydrogen-bond donors (Lipinski definition) is 0. The Morgan fingerprint density at radius 3 is 2.84 bits per heavy atom. The van der Waals surface area contributed by atoms with E-state index in [1.165, 1.54) is 17.0 Å². The third kappa shape index (κ3) is 3.54. The van der Waals surface area contributed by atoms with Crippen LogP contribution in [0.3, 0.4) is 0 Å². The van der Waals surface area contributed by atoms with Gasteiger partial charge in [0, 0.05) is 42.7 Å². The van der Waals surface area contributed by atoms with Crippen molar-refractivity contribution in [3.63, 3.8) is 0 Å². The third-order valence-corrected chi connectivity index (χ3v) is 6.29. The van der Waals surface area contributed by atoms with Gasteiger partial charge in [0.2, 0.25) is 0 Å². The van der Waals surface area contributed by atoms with Crippen LogP contribution in [0.25, 0.3) is 22.2 Å². The zero-order valence-corrected chi connectivity index (χ0v) is 18.4. The van der Waals surface area contributed by atoms with Crippen LogP contribution in [0.4, 0.5) is 10.2 Å². The molecule has 0 radical (unpaired) electrons. The Bertz CT molecular complexity index is 1370. The van der Waals surface area contributed by atoms with Crippen molar-refractivity contribution in [3.8, 4) is 11.3 Å². The minimum absolute atomic E-state index is 0.179. The number of piperidine rings is 1. The molecule has 1 fully saturated rings. The summed E-state index contributed by atoms with van der Waals surface area (Å²) in [6, 6.07) is 6.18. The Morgan fingerprint density at radius 1 is 1.25 bits per heavy atom. The average molecular weight is 454 g/mol. The minimum atomic E-state index is -0.538. The SMILES string of the molecule is Cc1nc2cc(N3CCC[C@@H](c4cnco4)C3)nc(-c3ccc(Cl)cc3F)c2c(=O)n1C. The highest BCUT2D eigenvalue weighted by atomic mass is 35.5. The largest absolute Gasteiger partial charge is 0.448 e. The minimum Gasteiger partial charge on any atom is -0.448 e. The molecule has 0 amide bonds. The van der Waals surface area contributed by atoms with E-state index in [-0.39, 0.29) is 33.1 Å². The van der Waals surface area contributed by atoms with Crippen LogP contribution < -0.4 is 10.5 Å². The Labute approximate surface area is 188 Å². The number of pyridine rings is 1. The summed E-state index contributed by atoms with van der Waals surface area (Å²) >= 11 is 5.96. The third-order valence-electron chi connectivity index (χ3n) is 6.06. The molecule has 1 atom stereocenters. The summed E-state index contributed by atoms with van der Waals surface area (Å²) in [5.41, 5.74) is 0.699. The summed E-state index contributed by atoms with van der Waals surface area (Å²) in [5.74, 6) is 1.69. The first-order valence-electron chi connectivity index (χ1n) is 10.4. The number of halogens is 2. The van der Waals surface area contributed by atoms with E-state index >= 15 is 0 Å². The van der Waals surface area contributed by atoms with Crippen molar-refractivity contribution in [2.24, 2.45) is 7.05 Å². The van der Waals surface area contributed by atoms with Crippen LogP contribution in [-0.2, 0) is 7.05 Å². The summed E-state index contributed by atoms with van der Waals surface area (Å²) in [6.45, 7) is 3.24. The number of fused-ring (bicyclic) bond motifs is 1. The number of anilines is 1. The van der Waals surface area contributed by atoms with Gasteiger partial charge in [0.05, 0.1) is 22.8 Å². The second kappa shape index (κ2) is 8.02. The lowest BCUT2D eigenvalue weighted by Crippen LogP contribution is -2.35. The number of benzene rings is 1. The van der Waals surface area contributed by atoms with Gasteiger partial charge in [-0.1, -0.05) is 11.6 Å². The first kappa shape index (κ1) is 20.6. The van der Waals surface area contributed by atoms with E-state index in [9.17, 15) is 9.18 Å². The number of aromatic nitrogens is 4. The Balaban J connectivity index is 1.69. The molecule has 0 aliphatic carbocycles. The van der Waals surface area contributed by atoms with Gasteiger partial charge in [0.15, 0.2) is 6.39 Å². The summed E-state index contributed by atoms with van der Waals surface area (Å²) in [5, 5.41) is 0.561. The van der Waals surface area contributed by atoms with Crippen molar-refractivity contribution in [3.05, 3.63) is 69.6 Å². The van der Waals surface area contributed by atoms with Gasteiger partial charge in [-0.25, -0.2) is 19.3 Å².